The van der Waals surface area contributed by atoms with Gasteiger partial charge in [-0.1, -0.05) is 17.7 Å². The maximum absolute atomic E-state index is 11.9. The first kappa shape index (κ1) is 56.1. The smallest absolute Gasteiger partial charge is 0.251 e. The number of carbonyl (C=O) groups is 4. The molecule has 64 heavy (non-hydrogen) atoms. The first-order valence-electron chi connectivity index (χ1n) is 21.2. The zero-order chi connectivity index (χ0) is 48.7. The second kappa shape index (κ2) is 26.6. The van der Waals surface area contributed by atoms with Gasteiger partial charge in [0.2, 0.25) is 0 Å². The molecule has 13 nitrogen and oxygen atoms in total. The first-order chi connectivity index (χ1) is 29.6. The van der Waals surface area contributed by atoms with Crippen LogP contribution in [0.15, 0.2) is 97.1 Å². The molecule has 4 amide bonds. The Hall–Kier alpha value is -5.92. The zero-order valence-electron chi connectivity index (χ0n) is 40.8. The van der Waals surface area contributed by atoms with Crippen molar-refractivity contribution in [2.24, 2.45) is 0 Å². The summed E-state index contributed by atoms with van der Waals surface area (Å²) in [5, 5.41) is 20.6. The van der Waals surface area contributed by atoms with E-state index >= 15 is 0 Å². The van der Waals surface area contributed by atoms with E-state index in [2.05, 4.69) is 21.3 Å². The van der Waals surface area contributed by atoms with Crippen LogP contribution >= 0.6 is 0 Å². The number of nitrogens with one attached hydrogen (secondary N) is 4. The number of hydrogen-bond donors (Lipinski definition) is 5. The van der Waals surface area contributed by atoms with Gasteiger partial charge in [0, 0.05) is 58.6 Å². The van der Waals surface area contributed by atoms with Crippen molar-refractivity contribution in [1.82, 2.24) is 21.3 Å². The van der Waals surface area contributed by atoms with Crippen LogP contribution in [0.2, 0.25) is 0 Å². The molecule has 4 aromatic carbocycles. The molecule has 0 aromatic heterocycles. The number of methoxy groups -OCH3 is 2. The van der Waals surface area contributed by atoms with E-state index in [0.717, 1.165) is 17.1 Å². The fraction of sp³-hybridized carbons (Fsp3) is 0.451. The molecule has 13 heteroatoms. The lowest BCUT2D eigenvalue weighted by molar-refractivity contribution is 0.0910. The number of phenolic OH excluding ortho intramolecular Hbond substituents is 1. The number of ether oxygens (including phenoxy) is 4. The SMILES string of the molecule is CC(C)(C)NC(=O)c1ccc(O)cc1.COCCOc1ccc(C(=O)NC(C)(C)C)cc1.COCCOc1ccc(C(=O)NC(C)(C)C)cc1.Cc1ccc(C(=O)NC(C)(C)C)cc1. The summed E-state index contributed by atoms with van der Waals surface area (Å²) in [6.07, 6.45) is 0. The van der Waals surface area contributed by atoms with E-state index in [4.69, 9.17) is 24.1 Å². The van der Waals surface area contributed by atoms with Crippen LogP contribution in [0.1, 0.15) is 130 Å². The van der Waals surface area contributed by atoms with Gasteiger partial charge in [0.25, 0.3) is 23.6 Å². The predicted octanol–water partition coefficient (Wildman–Crippen LogP) is 8.92. The van der Waals surface area contributed by atoms with E-state index in [-0.39, 0.29) is 51.5 Å². The van der Waals surface area contributed by atoms with Gasteiger partial charge in [-0.25, -0.2) is 0 Å². The Bertz CT molecular complexity index is 1840. The summed E-state index contributed by atoms with van der Waals surface area (Å²) in [4.78, 5) is 47.0. The van der Waals surface area contributed by atoms with Crippen LogP contribution in [-0.2, 0) is 9.47 Å². The highest BCUT2D eigenvalue weighted by Gasteiger charge is 2.18. The van der Waals surface area contributed by atoms with E-state index in [0.29, 0.717) is 48.7 Å². The lowest BCUT2D eigenvalue weighted by Gasteiger charge is -2.20. The number of aromatic hydroxyl groups is 1. The summed E-state index contributed by atoms with van der Waals surface area (Å²) in [6, 6.07) is 27.9. The van der Waals surface area contributed by atoms with Crippen LogP contribution in [-0.4, -0.2) is 91.5 Å². The minimum absolute atomic E-state index is 0.0162. The third-order valence-electron chi connectivity index (χ3n) is 7.74. The molecule has 0 unspecified atom stereocenters. The molecule has 0 aliphatic heterocycles. The fourth-order valence-electron chi connectivity index (χ4n) is 4.86. The predicted molar refractivity (Wildman–Crippen MR) is 256 cm³/mol. The molecule has 4 rings (SSSR count). The summed E-state index contributed by atoms with van der Waals surface area (Å²) >= 11 is 0. The van der Waals surface area contributed by atoms with Crippen molar-refractivity contribution in [3.05, 3.63) is 125 Å². The second-order valence-electron chi connectivity index (χ2n) is 19.0. The minimum atomic E-state index is -0.241. The van der Waals surface area contributed by atoms with Crippen LogP contribution in [0.3, 0.4) is 0 Å². The van der Waals surface area contributed by atoms with Gasteiger partial charge in [0.1, 0.15) is 30.5 Å². The van der Waals surface area contributed by atoms with Crippen LogP contribution in [0.5, 0.6) is 17.2 Å². The van der Waals surface area contributed by atoms with Crippen molar-refractivity contribution in [3.63, 3.8) is 0 Å². The van der Waals surface area contributed by atoms with Crippen molar-refractivity contribution in [2.75, 3.05) is 40.6 Å². The van der Waals surface area contributed by atoms with Crippen molar-refractivity contribution in [3.8, 4) is 17.2 Å². The van der Waals surface area contributed by atoms with Crippen molar-refractivity contribution in [1.29, 1.82) is 0 Å². The fourth-order valence-corrected chi connectivity index (χ4v) is 4.86. The summed E-state index contributed by atoms with van der Waals surface area (Å²) in [6.45, 7) is 27.5. The average molecular weight is 887 g/mol. The largest absolute Gasteiger partial charge is 0.508 e. The molecule has 0 bridgehead atoms. The number of rotatable bonds is 12. The van der Waals surface area contributed by atoms with Crippen LogP contribution in [0.4, 0.5) is 0 Å². The molecule has 0 radical (unpaired) electrons. The Morgan fingerprint density at radius 1 is 0.406 bits per heavy atom. The number of hydrogen-bond acceptors (Lipinski definition) is 9. The molecule has 352 valence electrons. The van der Waals surface area contributed by atoms with E-state index in [1.54, 1.807) is 74.9 Å². The molecule has 0 fully saturated rings. The summed E-state index contributed by atoms with van der Waals surface area (Å²) in [5.41, 5.74) is 2.81. The van der Waals surface area contributed by atoms with E-state index in [1.165, 1.54) is 12.1 Å². The summed E-state index contributed by atoms with van der Waals surface area (Å²) in [5.74, 6) is 1.34. The second-order valence-corrected chi connectivity index (χ2v) is 19.0. The van der Waals surface area contributed by atoms with Gasteiger partial charge in [0.15, 0.2) is 0 Å². The Morgan fingerprint density at radius 3 is 0.875 bits per heavy atom. The van der Waals surface area contributed by atoms with E-state index in [1.807, 2.05) is 114 Å². The molecule has 0 saturated carbocycles. The summed E-state index contributed by atoms with van der Waals surface area (Å²) < 4.78 is 20.6. The molecule has 0 aliphatic carbocycles. The molecule has 4 aromatic rings. The Kier molecular flexibility index (Phi) is 23.4. The molecular formula is C51H74N4O9. The maximum atomic E-state index is 11.9. The average Bonchev–Trinajstić information content (AvgIpc) is 3.17. The highest BCUT2D eigenvalue weighted by Crippen LogP contribution is 2.15. The lowest BCUT2D eigenvalue weighted by atomic mass is 10.1. The van der Waals surface area contributed by atoms with Crippen molar-refractivity contribution in [2.45, 2.75) is 112 Å². The number of benzene rings is 4. The van der Waals surface area contributed by atoms with Crippen LogP contribution in [0.25, 0.3) is 0 Å². The van der Waals surface area contributed by atoms with Gasteiger partial charge in [-0.2, -0.15) is 0 Å². The quantitative estimate of drug-likeness (QED) is 0.0871. The number of carbonyl (C=O) groups excluding carboxylic acids is 4. The Morgan fingerprint density at radius 2 is 0.641 bits per heavy atom. The number of aryl methyl sites for hydroxylation is 1. The first-order valence-corrected chi connectivity index (χ1v) is 21.2. The Balaban J connectivity index is 0.000000430. The third kappa shape index (κ3) is 26.5. The van der Waals surface area contributed by atoms with Crippen molar-refractivity contribution >= 4 is 23.6 Å². The number of phenols is 1. The van der Waals surface area contributed by atoms with E-state index < -0.39 is 0 Å². The molecule has 0 saturated heterocycles. The standard InChI is InChI=1S/2C14H21NO3.C12H17NO.C11H15NO2/c2*1-14(2,3)15-13(16)11-5-7-12(8-6-11)18-10-9-17-4;1-9-5-7-10(8-6-9)11(14)13-12(2,3)4;1-11(2,3)12-10(14)8-4-6-9(13)7-5-8/h2*5-8H,9-10H2,1-4H3,(H,15,16);5-8H,1-4H3,(H,13,14);4-7,13H,1-3H3,(H,12,14). The van der Waals surface area contributed by atoms with E-state index in [9.17, 15) is 19.2 Å². The Labute approximate surface area is 382 Å². The lowest BCUT2D eigenvalue weighted by Crippen LogP contribution is -2.40. The maximum Gasteiger partial charge on any atom is 0.251 e. The van der Waals surface area contributed by atoms with Crippen LogP contribution < -0.4 is 30.7 Å². The molecule has 0 heterocycles. The third-order valence-corrected chi connectivity index (χ3v) is 7.74. The molecule has 0 aliphatic rings. The monoisotopic (exact) mass is 887 g/mol. The number of amides is 4. The highest BCUT2D eigenvalue weighted by atomic mass is 16.5. The highest BCUT2D eigenvalue weighted by molar-refractivity contribution is 5.96. The normalized spacial score (nSPS) is 11.1. The van der Waals surface area contributed by atoms with Gasteiger partial charge in [-0.15, -0.1) is 0 Å². The van der Waals surface area contributed by atoms with Gasteiger partial charge in [0.05, 0.1) is 13.2 Å². The topological polar surface area (TPSA) is 174 Å². The van der Waals surface area contributed by atoms with Gasteiger partial charge in [-0.05, 0) is 175 Å². The van der Waals surface area contributed by atoms with Gasteiger partial charge < -0.3 is 45.3 Å². The minimum Gasteiger partial charge on any atom is -0.508 e. The molecule has 5 N–H and O–H groups in total. The van der Waals surface area contributed by atoms with Gasteiger partial charge >= 0.3 is 0 Å². The van der Waals surface area contributed by atoms with Gasteiger partial charge in [-0.3, -0.25) is 19.2 Å². The molecule has 0 spiro atoms. The van der Waals surface area contributed by atoms with Crippen LogP contribution in [0, 0.1) is 6.92 Å². The molecular weight excluding hydrogens is 813 g/mol. The summed E-state index contributed by atoms with van der Waals surface area (Å²) in [7, 11) is 3.26. The van der Waals surface area contributed by atoms with Crippen molar-refractivity contribution < 1.29 is 43.2 Å². The zero-order valence-corrected chi connectivity index (χ0v) is 40.8. The molecule has 0 atom stereocenters.